The SMILES string of the molecule is C[C@H](c1ccc(Br)cc1)N1CCN(CCC(N)=O)CC1. The molecule has 0 bridgehead atoms. The summed E-state index contributed by atoms with van der Waals surface area (Å²) in [6, 6.07) is 8.97. The van der Waals surface area contributed by atoms with E-state index in [0.717, 1.165) is 37.2 Å². The van der Waals surface area contributed by atoms with E-state index in [9.17, 15) is 4.79 Å². The first-order chi connectivity index (χ1) is 9.56. The molecule has 110 valence electrons. The molecule has 1 amide bonds. The third-order valence-electron chi connectivity index (χ3n) is 3.98. The zero-order chi connectivity index (χ0) is 14.5. The first kappa shape index (κ1) is 15.5. The van der Waals surface area contributed by atoms with Crippen molar-refractivity contribution in [3.8, 4) is 0 Å². The number of nitrogens with zero attached hydrogens (tertiary/aromatic N) is 2. The van der Waals surface area contributed by atoms with Gasteiger partial charge in [-0.1, -0.05) is 28.1 Å². The molecule has 2 rings (SSSR count). The third-order valence-corrected chi connectivity index (χ3v) is 4.51. The van der Waals surface area contributed by atoms with Gasteiger partial charge < -0.3 is 10.6 Å². The van der Waals surface area contributed by atoms with Crippen LogP contribution < -0.4 is 5.73 Å². The fraction of sp³-hybridized carbons (Fsp3) is 0.533. The molecular weight excluding hydrogens is 318 g/mol. The van der Waals surface area contributed by atoms with Crippen LogP contribution in [0.2, 0.25) is 0 Å². The molecule has 0 saturated carbocycles. The molecule has 1 aromatic carbocycles. The summed E-state index contributed by atoms with van der Waals surface area (Å²) in [5, 5.41) is 0. The Morgan fingerprint density at radius 1 is 1.25 bits per heavy atom. The predicted octanol–water partition coefficient (Wildman–Crippen LogP) is 2.00. The number of rotatable bonds is 5. The Morgan fingerprint density at radius 2 is 1.85 bits per heavy atom. The molecule has 0 unspecified atom stereocenters. The number of hydrogen-bond donors (Lipinski definition) is 1. The van der Waals surface area contributed by atoms with E-state index in [2.05, 4.69) is 56.9 Å². The highest BCUT2D eigenvalue weighted by Crippen LogP contribution is 2.23. The van der Waals surface area contributed by atoms with Crippen LogP contribution in [0.3, 0.4) is 0 Å². The minimum Gasteiger partial charge on any atom is -0.370 e. The van der Waals surface area contributed by atoms with E-state index >= 15 is 0 Å². The lowest BCUT2D eigenvalue weighted by atomic mass is 10.1. The molecular formula is C15H22BrN3O. The highest BCUT2D eigenvalue weighted by Gasteiger charge is 2.21. The van der Waals surface area contributed by atoms with Gasteiger partial charge in [-0.25, -0.2) is 0 Å². The van der Waals surface area contributed by atoms with E-state index < -0.39 is 0 Å². The van der Waals surface area contributed by atoms with Crippen molar-refractivity contribution in [1.82, 2.24) is 9.80 Å². The number of amides is 1. The molecule has 1 heterocycles. The van der Waals surface area contributed by atoms with E-state index in [1.807, 2.05) is 0 Å². The largest absolute Gasteiger partial charge is 0.370 e. The molecule has 0 aromatic heterocycles. The van der Waals surface area contributed by atoms with Gasteiger partial charge in [0.25, 0.3) is 0 Å². The topological polar surface area (TPSA) is 49.6 Å². The Balaban J connectivity index is 1.83. The summed E-state index contributed by atoms with van der Waals surface area (Å²) in [5.41, 5.74) is 6.54. The van der Waals surface area contributed by atoms with Crippen molar-refractivity contribution in [2.24, 2.45) is 5.73 Å². The summed E-state index contributed by atoms with van der Waals surface area (Å²) in [6.45, 7) is 7.13. The number of carbonyl (C=O) groups is 1. The van der Waals surface area contributed by atoms with E-state index in [4.69, 9.17) is 5.73 Å². The van der Waals surface area contributed by atoms with E-state index in [1.165, 1.54) is 5.56 Å². The number of carbonyl (C=O) groups excluding carboxylic acids is 1. The number of piperazine rings is 1. The third kappa shape index (κ3) is 4.30. The molecule has 0 aliphatic carbocycles. The van der Waals surface area contributed by atoms with Crippen LogP contribution in [0.15, 0.2) is 28.7 Å². The minimum atomic E-state index is -0.212. The summed E-state index contributed by atoms with van der Waals surface area (Å²) in [4.78, 5) is 15.6. The van der Waals surface area contributed by atoms with Crippen molar-refractivity contribution < 1.29 is 4.79 Å². The van der Waals surface area contributed by atoms with Gasteiger partial charge in [-0.2, -0.15) is 0 Å². The molecule has 1 aliphatic heterocycles. The van der Waals surface area contributed by atoms with Gasteiger partial charge in [0.2, 0.25) is 5.91 Å². The van der Waals surface area contributed by atoms with Gasteiger partial charge in [-0.15, -0.1) is 0 Å². The first-order valence-electron chi connectivity index (χ1n) is 7.06. The quantitative estimate of drug-likeness (QED) is 0.892. The molecule has 1 aromatic rings. The smallest absolute Gasteiger partial charge is 0.218 e. The van der Waals surface area contributed by atoms with Crippen LogP contribution in [0.25, 0.3) is 0 Å². The Labute approximate surface area is 129 Å². The average molecular weight is 340 g/mol. The molecule has 20 heavy (non-hydrogen) atoms. The van der Waals surface area contributed by atoms with Gasteiger partial charge in [0.15, 0.2) is 0 Å². The van der Waals surface area contributed by atoms with E-state index in [0.29, 0.717) is 12.5 Å². The average Bonchev–Trinajstić information content (AvgIpc) is 2.46. The van der Waals surface area contributed by atoms with Gasteiger partial charge in [0.05, 0.1) is 0 Å². The normalized spacial score (nSPS) is 18.9. The van der Waals surface area contributed by atoms with Crippen molar-refractivity contribution in [1.29, 1.82) is 0 Å². The van der Waals surface area contributed by atoms with Crippen LogP contribution in [-0.4, -0.2) is 48.4 Å². The van der Waals surface area contributed by atoms with Crippen molar-refractivity contribution in [2.75, 3.05) is 32.7 Å². The molecule has 1 saturated heterocycles. The molecule has 2 N–H and O–H groups in total. The zero-order valence-electron chi connectivity index (χ0n) is 11.9. The lowest BCUT2D eigenvalue weighted by Crippen LogP contribution is -2.47. The Hall–Kier alpha value is -0.910. The molecule has 1 atom stereocenters. The number of hydrogen-bond acceptors (Lipinski definition) is 3. The summed E-state index contributed by atoms with van der Waals surface area (Å²) < 4.78 is 1.12. The van der Waals surface area contributed by atoms with E-state index in [1.54, 1.807) is 0 Å². The van der Waals surface area contributed by atoms with Crippen LogP contribution in [0.4, 0.5) is 0 Å². The van der Waals surface area contributed by atoms with Crippen molar-refractivity contribution in [3.63, 3.8) is 0 Å². The standard InChI is InChI=1S/C15H22BrN3O/c1-12(13-2-4-14(16)5-3-13)19-10-8-18(9-11-19)7-6-15(17)20/h2-5,12H,6-11H2,1H3,(H2,17,20)/t12-/m1/s1. The maximum Gasteiger partial charge on any atom is 0.218 e. The molecule has 1 fully saturated rings. The van der Waals surface area contributed by atoms with Crippen LogP contribution in [0.1, 0.15) is 24.9 Å². The lowest BCUT2D eigenvalue weighted by Gasteiger charge is -2.38. The Bertz CT molecular complexity index is 441. The molecule has 4 nitrogen and oxygen atoms in total. The van der Waals surface area contributed by atoms with Crippen LogP contribution in [0, 0.1) is 0 Å². The second kappa shape index (κ2) is 7.20. The van der Waals surface area contributed by atoms with Crippen LogP contribution in [0.5, 0.6) is 0 Å². The fourth-order valence-corrected chi connectivity index (χ4v) is 2.86. The van der Waals surface area contributed by atoms with Gasteiger partial charge in [0, 0.05) is 49.7 Å². The van der Waals surface area contributed by atoms with Crippen LogP contribution >= 0.6 is 15.9 Å². The number of halogens is 1. The molecule has 1 aliphatic rings. The highest BCUT2D eigenvalue weighted by atomic mass is 79.9. The van der Waals surface area contributed by atoms with Gasteiger partial charge in [-0.3, -0.25) is 9.69 Å². The van der Waals surface area contributed by atoms with Crippen molar-refractivity contribution in [2.45, 2.75) is 19.4 Å². The van der Waals surface area contributed by atoms with Crippen molar-refractivity contribution in [3.05, 3.63) is 34.3 Å². The first-order valence-corrected chi connectivity index (χ1v) is 7.86. The molecule has 0 radical (unpaired) electrons. The zero-order valence-corrected chi connectivity index (χ0v) is 13.5. The van der Waals surface area contributed by atoms with Crippen LogP contribution in [-0.2, 0) is 4.79 Å². The monoisotopic (exact) mass is 339 g/mol. The minimum absolute atomic E-state index is 0.212. The van der Waals surface area contributed by atoms with Crippen molar-refractivity contribution >= 4 is 21.8 Å². The number of benzene rings is 1. The summed E-state index contributed by atoms with van der Waals surface area (Å²) >= 11 is 3.47. The summed E-state index contributed by atoms with van der Waals surface area (Å²) in [5.74, 6) is -0.212. The predicted molar refractivity (Wildman–Crippen MR) is 84.4 cm³/mol. The maximum atomic E-state index is 10.8. The van der Waals surface area contributed by atoms with Gasteiger partial charge >= 0.3 is 0 Å². The second-order valence-corrected chi connectivity index (χ2v) is 6.24. The Morgan fingerprint density at radius 3 is 2.40 bits per heavy atom. The fourth-order valence-electron chi connectivity index (χ4n) is 2.59. The number of primary amides is 1. The number of nitrogens with two attached hydrogens (primary N) is 1. The molecule has 0 spiro atoms. The lowest BCUT2D eigenvalue weighted by molar-refractivity contribution is -0.118. The van der Waals surface area contributed by atoms with E-state index in [-0.39, 0.29) is 5.91 Å². The second-order valence-electron chi connectivity index (χ2n) is 5.32. The summed E-state index contributed by atoms with van der Waals surface area (Å²) in [6.07, 6.45) is 0.461. The highest BCUT2D eigenvalue weighted by molar-refractivity contribution is 9.10. The molecule has 5 heteroatoms. The maximum absolute atomic E-state index is 10.8. The van der Waals surface area contributed by atoms with Gasteiger partial charge in [0.1, 0.15) is 0 Å². The Kier molecular flexibility index (Phi) is 5.57. The van der Waals surface area contributed by atoms with Gasteiger partial charge in [-0.05, 0) is 24.6 Å². The summed E-state index contributed by atoms with van der Waals surface area (Å²) in [7, 11) is 0.